The molecule has 0 saturated heterocycles. The molecule has 2 rings (SSSR count). The van der Waals surface area contributed by atoms with Crippen molar-refractivity contribution in [1.82, 2.24) is 10.3 Å². The fraction of sp³-hybridized carbons (Fsp3) is 0.312. The van der Waals surface area contributed by atoms with Crippen LogP contribution in [0.2, 0.25) is 0 Å². The molecule has 1 aromatic heterocycles. The smallest absolute Gasteiger partial charge is 0.316 e. The van der Waals surface area contributed by atoms with Gasteiger partial charge in [0.25, 0.3) is 0 Å². The molecule has 1 N–H and O–H groups in total. The van der Waals surface area contributed by atoms with E-state index in [2.05, 4.69) is 10.3 Å². The summed E-state index contributed by atoms with van der Waals surface area (Å²) in [4.78, 5) is 4.06. The maximum atomic E-state index is 12.5. The molecule has 1 unspecified atom stereocenters. The molecule has 5 heteroatoms. The third-order valence-corrected chi connectivity index (χ3v) is 3.38. The predicted octanol–water partition coefficient (Wildman–Crippen LogP) is 3.47. The number of halogens is 3. The van der Waals surface area contributed by atoms with Gasteiger partial charge in [0.1, 0.15) is 0 Å². The van der Waals surface area contributed by atoms with Crippen molar-refractivity contribution in [1.29, 1.82) is 0 Å². The summed E-state index contributed by atoms with van der Waals surface area (Å²) in [5.41, 5.74) is 1.37. The molecule has 1 atom stereocenters. The standard InChI is InChI=1S/C16H17F3N2/c1-20-15(10-13-3-2-8-21-11-13)9-12-4-6-14(7-5-12)16(17,18)19/h2-8,11,15,20H,9-10H2,1H3. The lowest BCUT2D eigenvalue weighted by atomic mass is 9.99. The summed E-state index contributed by atoms with van der Waals surface area (Å²) in [6.07, 6.45) is 0.691. The van der Waals surface area contributed by atoms with E-state index in [4.69, 9.17) is 0 Å². The molecule has 2 aromatic rings. The zero-order chi connectivity index (χ0) is 15.3. The summed E-state index contributed by atoms with van der Waals surface area (Å²) in [5, 5.41) is 3.19. The minimum absolute atomic E-state index is 0.158. The highest BCUT2D eigenvalue weighted by molar-refractivity contribution is 5.25. The van der Waals surface area contributed by atoms with E-state index >= 15 is 0 Å². The van der Waals surface area contributed by atoms with Crippen LogP contribution in [0.25, 0.3) is 0 Å². The monoisotopic (exact) mass is 294 g/mol. The largest absolute Gasteiger partial charge is 0.416 e. The fourth-order valence-corrected chi connectivity index (χ4v) is 2.19. The number of benzene rings is 1. The topological polar surface area (TPSA) is 24.9 Å². The Kier molecular flexibility index (Phi) is 4.96. The Morgan fingerprint density at radius 1 is 1.05 bits per heavy atom. The maximum Gasteiger partial charge on any atom is 0.416 e. The lowest BCUT2D eigenvalue weighted by molar-refractivity contribution is -0.137. The molecule has 21 heavy (non-hydrogen) atoms. The van der Waals surface area contributed by atoms with Crippen LogP contribution in [-0.2, 0) is 19.0 Å². The number of nitrogens with zero attached hydrogens (tertiary/aromatic N) is 1. The first-order valence-corrected chi connectivity index (χ1v) is 6.71. The van der Waals surface area contributed by atoms with Gasteiger partial charge >= 0.3 is 6.18 Å². The molecule has 1 aromatic carbocycles. The third-order valence-electron chi connectivity index (χ3n) is 3.38. The van der Waals surface area contributed by atoms with E-state index in [1.165, 1.54) is 12.1 Å². The number of alkyl halides is 3. The van der Waals surface area contributed by atoms with Crippen LogP contribution in [0, 0.1) is 0 Å². The second-order valence-electron chi connectivity index (χ2n) is 4.95. The predicted molar refractivity (Wildman–Crippen MR) is 75.9 cm³/mol. The molecule has 112 valence electrons. The number of pyridine rings is 1. The molecule has 0 fully saturated rings. The van der Waals surface area contributed by atoms with Crippen molar-refractivity contribution in [2.75, 3.05) is 7.05 Å². The molecule has 0 bridgehead atoms. The van der Waals surface area contributed by atoms with Gasteiger partial charge in [0.2, 0.25) is 0 Å². The van der Waals surface area contributed by atoms with Crippen molar-refractivity contribution in [2.45, 2.75) is 25.1 Å². The van der Waals surface area contributed by atoms with Gasteiger partial charge in [0.05, 0.1) is 5.56 Å². The second kappa shape index (κ2) is 6.72. The fourth-order valence-electron chi connectivity index (χ4n) is 2.19. The summed E-state index contributed by atoms with van der Waals surface area (Å²) in [7, 11) is 1.85. The summed E-state index contributed by atoms with van der Waals surface area (Å²) >= 11 is 0. The number of aromatic nitrogens is 1. The van der Waals surface area contributed by atoms with E-state index in [1.807, 2.05) is 19.2 Å². The van der Waals surface area contributed by atoms with E-state index < -0.39 is 11.7 Å². The maximum absolute atomic E-state index is 12.5. The van der Waals surface area contributed by atoms with Gasteiger partial charge in [-0.3, -0.25) is 4.98 Å². The first kappa shape index (κ1) is 15.5. The van der Waals surface area contributed by atoms with E-state index in [-0.39, 0.29) is 6.04 Å². The quantitative estimate of drug-likeness (QED) is 0.913. The number of nitrogens with one attached hydrogen (secondary N) is 1. The van der Waals surface area contributed by atoms with Crippen molar-refractivity contribution in [3.8, 4) is 0 Å². The lowest BCUT2D eigenvalue weighted by Gasteiger charge is -2.16. The normalized spacial score (nSPS) is 13.1. The molecule has 0 radical (unpaired) electrons. The molecule has 0 amide bonds. The number of rotatable bonds is 5. The van der Waals surface area contributed by atoms with Gasteiger partial charge in [0, 0.05) is 18.4 Å². The molecule has 0 aliphatic heterocycles. The van der Waals surface area contributed by atoms with E-state index in [9.17, 15) is 13.2 Å². The van der Waals surface area contributed by atoms with Gasteiger partial charge in [-0.25, -0.2) is 0 Å². The highest BCUT2D eigenvalue weighted by atomic mass is 19.4. The zero-order valence-corrected chi connectivity index (χ0v) is 11.7. The minimum atomic E-state index is -4.28. The SMILES string of the molecule is CNC(Cc1ccc(C(F)(F)F)cc1)Cc1cccnc1. The van der Waals surface area contributed by atoms with Crippen LogP contribution in [0.1, 0.15) is 16.7 Å². The van der Waals surface area contributed by atoms with Crippen molar-refractivity contribution >= 4 is 0 Å². The van der Waals surface area contributed by atoms with Crippen molar-refractivity contribution < 1.29 is 13.2 Å². The van der Waals surface area contributed by atoms with Crippen LogP contribution < -0.4 is 5.32 Å². The molecule has 0 spiro atoms. The Balaban J connectivity index is 2.02. The van der Waals surface area contributed by atoms with Gasteiger partial charge in [-0.15, -0.1) is 0 Å². The molecular formula is C16H17F3N2. The minimum Gasteiger partial charge on any atom is -0.316 e. The number of hydrogen-bond donors (Lipinski definition) is 1. The number of likely N-dealkylation sites (N-methyl/N-ethyl adjacent to an activating group) is 1. The lowest BCUT2D eigenvalue weighted by Crippen LogP contribution is -2.29. The summed E-state index contributed by atoms with van der Waals surface area (Å²) < 4.78 is 37.5. The first-order valence-electron chi connectivity index (χ1n) is 6.71. The highest BCUT2D eigenvalue weighted by Gasteiger charge is 2.29. The summed E-state index contributed by atoms with van der Waals surface area (Å²) in [6, 6.07) is 9.36. The Labute approximate surface area is 122 Å². The molecule has 0 saturated carbocycles. The third kappa shape index (κ3) is 4.56. The Hall–Kier alpha value is -1.88. The molecule has 0 aliphatic rings. The molecule has 2 nitrogen and oxygen atoms in total. The van der Waals surface area contributed by atoms with Gasteiger partial charge in [-0.05, 0) is 49.2 Å². The van der Waals surface area contributed by atoms with Crippen LogP contribution in [0.15, 0.2) is 48.8 Å². The van der Waals surface area contributed by atoms with Gasteiger partial charge in [0.15, 0.2) is 0 Å². The van der Waals surface area contributed by atoms with Crippen LogP contribution in [0.4, 0.5) is 13.2 Å². The van der Waals surface area contributed by atoms with Crippen LogP contribution in [0.5, 0.6) is 0 Å². The van der Waals surface area contributed by atoms with Gasteiger partial charge in [-0.2, -0.15) is 13.2 Å². The van der Waals surface area contributed by atoms with Crippen LogP contribution in [-0.4, -0.2) is 18.1 Å². The van der Waals surface area contributed by atoms with Gasteiger partial charge < -0.3 is 5.32 Å². The van der Waals surface area contributed by atoms with Crippen molar-refractivity contribution in [3.63, 3.8) is 0 Å². The Morgan fingerprint density at radius 2 is 1.71 bits per heavy atom. The van der Waals surface area contributed by atoms with E-state index in [1.54, 1.807) is 12.4 Å². The van der Waals surface area contributed by atoms with Gasteiger partial charge in [-0.1, -0.05) is 18.2 Å². The second-order valence-corrected chi connectivity index (χ2v) is 4.95. The van der Waals surface area contributed by atoms with E-state index in [0.717, 1.165) is 29.7 Å². The molecule has 0 aliphatic carbocycles. The average Bonchev–Trinajstić information content (AvgIpc) is 2.47. The molecular weight excluding hydrogens is 277 g/mol. The Bertz CT molecular complexity index is 550. The van der Waals surface area contributed by atoms with E-state index in [0.29, 0.717) is 6.42 Å². The first-order chi connectivity index (χ1) is 9.99. The van der Waals surface area contributed by atoms with Crippen molar-refractivity contribution in [3.05, 3.63) is 65.5 Å². The molecule has 1 heterocycles. The summed E-state index contributed by atoms with van der Waals surface area (Å²) in [6.45, 7) is 0. The van der Waals surface area contributed by atoms with Crippen LogP contribution >= 0.6 is 0 Å². The zero-order valence-electron chi connectivity index (χ0n) is 11.7. The Morgan fingerprint density at radius 3 is 2.24 bits per heavy atom. The van der Waals surface area contributed by atoms with Crippen molar-refractivity contribution in [2.24, 2.45) is 0 Å². The van der Waals surface area contributed by atoms with Crippen LogP contribution in [0.3, 0.4) is 0 Å². The summed E-state index contributed by atoms with van der Waals surface area (Å²) in [5.74, 6) is 0. The average molecular weight is 294 g/mol. The number of hydrogen-bond acceptors (Lipinski definition) is 2. The highest BCUT2D eigenvalue weighted by Crippen LogP contribution is 2.29.